The molecule has 2 aromatic carbocycles. The number of carbonyl (C=O) groups excluding carboxylic acids is 3. The van der Waals surface area contributed by atoms with Crippen LogP contribution < -0.4 is 10.0 Å². The number of hydrogen-bond donors (Lipinski definition) is 2. The summed E-state index contributed by atoms with van der Waals surface area (Å²) >= 11 is 0. The Morgan fingerprint density at radius 3 is 2.68 bits per heavy atom. The van der Waals surface area contributed by atoms with Crippen LogP contribution >= 0.6 is 0 Å². The standard InChI is InChI=1S/C32H39N5O6S/c1-5-43-32(40)37-14-12-21(2)15-29(37)31(39)28(17-22-7-6-8-23(16-22)20-33)35-44(41,42)25-10-9-24-11-13-34-27(26(24)18-25)19-30(38)36(3)4/h6-10,12,16,18,27-29,34-35H,5,11,13-15,17,19H2,1-4H3/t27-,28+,29-/m0/s1. The van der Waals surface area contributed by atoms with Crippen LogP contribution in [0.5, 0.6) is 0 Å². The smallest absolute Gasteiger partial charge is 0.410 e. The zero-order valence-electron chi connectivity index (χ0n) is 25.5. The predicted octanol–water partition coefficient (Wildman–Crippen LogP) is 2.86. The summed E-state index contributed by atoms with van der Waals surface area (Å²) in [6.45, 7) is 4.48. The number of rotatable bonds is 10. The van der Waals surface area contributed by atoms with Gasteiger partial charge in [0.25, 0.3) is 0 Å². The minimum Gasteiger partial charge on any atom is -0.450 e. The van der Waals surface area contributed by atoms with Crippen molar-refractivity contribution in [2.24, 2.45) is 0 Å². The van der Waals surface area contributed by atoms with Crippen molar-refractivity contribution in [1.29, 1.82) is 5.26 Å². The maximum absolute atomic E-state index is 14.2. The highest BCUT2D eigenvalue weighted by Crippen LogP contribution is 2.29. The molecule has 2 aromatic rings. The van der Waals surface area contributed by atoms with Gasteiger partial charge in [-0.2, -0.15) is 5.26 Å². The molecule has 2 aliphatic heterocycles. The van der Waals surface area contributed by atoms with Crippen LogP contribution in [-0.4, -0.2) is 81.9 Å². The van der Waals surface area contributed by atoms with Crippen LogP contribution in [0.2, 0.25) is 0 Å². The molecular weight excluding hydrogens is 582 g/mol. The molecule has 0 aliphatic carbocycles. The number of Topliss-reactive ketones (excluding diaryl/α,β-unsaturated/α-hetero) is 1. The van der Waals surface area contributed by atoms with Crippen molar-refractivity contribution < 1.29 is 27.5 Å². The van der Waals surface area contributed by atoms with Crippen molar-refractivity contribution in [3.05, 3.63) is 76.4 Å². The molecule has 0 fully saturated rings. The van der Waals surface area contributed by atoms with Crippen molar-refractivity contribution in [3.8, 4) is 6.07 Å². The van der Waals surface area contributed by atoms with Crippen LogP contribution in [0, 0.1) is 11.3 Å². The monoisotopic (exact) mass is 621 g/mol. The molecule has 2 heterocycles. The van der Waals surface area contributed by atoms with E-state index in [1.807, 2.05) is 13.0 Å². The molecule has 44 heavy (non-hydrogen) atoms. The maximum Gasteiger partial charge on any atom is 0.410 e. The molecule has 0 bridgehead atoms. The molecule has 234 valence electrons. The van der Waals surface area contributed by atoms with E-state index in [1.54, 1.807) is 57.4 Å². The molecule has 0 spiro atoms. The van der Waals surface area contributed by atoms with Gasteiger partial charge in [-0.3, -0.25) is 14.5 Å². The predicted molar refractivity (Wildman–Crippen MR) is 164 cm³/mol. The summed E-state index contributed by atoms with van der Waals surface area (Å²) in [6.07, 6.45) is 2.25. The molecule has 11 nitrogen and oxygen atoms in total. The molecule has 3 atom stereocenters. The topological polar surface area (TPSA) is 149 Å². The fourth-order valence-electron chi connectivity index (χ4n) is 5.56. The van der Waals surface area contributed by atoms with E-state index in [-0.39, 0.29) is 49.3 Å². The van der Waals surface area contributed by atoms with E-state index >= 15 is 0 Å². The lowest BCUT2D eigenvalue weighted by Crippen LogP contribution is -2.55. The molecule has 0 radical (unpaired) electrons. The van der Waals surface area contributed by atoms with E-state index < -0.39 is 34.0 Å². The van der Waals surface area contributed by atoms with Gasteiger partial charge in [-0.1, -0.05) is 29.8 Å². The highest BCUT2D eigenvalue weighted by Gasteiger charge is 2.38. The minimum atomic E-state index is -4.25. The Balaban J connectivity index is 1.69. The number of ketones is 1. The first-order valence-corrected chi connectivity index (χ1v) is 16.1. The molecule has 2 aliphatic rings. The van der Waals surface area contributed by atoms with Crippen molar-refractivity contribution in [2.75, 3.05) is 33.8 Å². The third-order valence-electron chi connectivity index (χ3n) is 7.96. The Kier molecular flexibility index (Phi) is 10.6. The summed E-state index contributed by atoms with van der Waals surface area (Å²) in [6, 6.07) is 11.0. The van der Waals surface area contributed by atoms with Crippen molar-refractivity contribution in [3.63, 3.8) is 0 Å². The quantitative estimate of drug-likeness (QED) is 0.385. The van der Waals surface area contributed by atoms with E-state index in [0.717, 1.165) is 16.7 Å². The summed E-state index contributed by atoms with van der Waals surface area (Å²) in [7, 11) is -0.903. The normalized spacial score (nSPS) is 18.8. The second kappa shape index (κ2) is 14.2. The molecule has 0 aromatic heterocycles. The van der Waals surface area contributed by atoms with E-state index in [1.165, 1.54) is 15.9 Å². The Morgan fingerprint density at radius 2 is 1.98 bits per heavy atom. The van der Waals surface area contributed by atoms with Gasteiger partial charge in [-0.05, 0) is 80.6 Å². The molecular formula is C32H39N5O6S. The fraction of sp³-hybridized carbons (Fsp3) is 0.438. The molecule has 0 saturated carbocycles. The van der Waals surface area contributed by atoms with Crippen molar-refractivity contribution in [2.45, 2.75) is 62.6 Å². The first kappa shape index (κ1) is 32.9. The first-order chi connectivity index (χ1) is 20.9. The molecule has 4 rings (SSSR count). The van der Waals surface area contributed by atoms with Gasteiger partial charge in [0.1, 0.15) is 0 Å². The molecule has 2 N–H and O–H groups in total. The van der Waals surface area contributed by atoms with Gasteiger partial charge >= 0.3 is 6.09 Å². The average molecular weight is 622 g/mol. The number of nitrogens with one attached hydrogen (secondary N) is 2. The van der Waals surface area contributed by atoms with Crippen LogP contribution in [-0.2, 0) is 37.2 Å². The number of sulfonamides is 1. The molecule has 12 heteroatoms. The first-order valence-electron chi connectivity index (χ1n) is 14.6. The van der Waals surface area contributed by atoms with Gasteiger partial charge in [-0.25, -0.2) is 17.9 Å². The third kappa shape index (κ3) is 7.72. The van der Waals surface area contributed by atoms with Crippen LogP contribution in [0.3, 0.4) is 0 Å². The summed E-state index contributed by atoms with van der Waals surface area (Å²) in [5.74, 6) is -0.569. The Hall–Kier alpha value is -4.05. The largest absolute Gasteiger partial charge is 0.450 e. The molecule has 2 amide bonds. The number of carbonyl (C=O) groups is 3. The third-order valence-corrected chi connectivity index (χ3v) is 9.43. The van der Waals surface area contributed by atoms with Crippen molar-refractivity contribution >= 4 is 27.8 Å². The zero-order valence-corrected chi connectivity index (χ0v) is 26.3. The maximum atomic E-state index is 14.2. The van der Waals surface area contributed by atoms with Crippen LogP contribution in [0.25, 0.3) is 0 Å². The lowest BCUT2D eigenvalue weighted by Gasteiger charge is -2.35. The number of amides is 2. The summed E-state index contributed by atoms with van der Waals surface area (Å²) < 4.78 is 35.7. The highest BCUT2D eigenvalue weighted by atomic mass is 32.2. The van der Waals surface area contributed by atoms with Gasteiger partial charge in [0.05, 0.1) is 35.2 Å². The number of benzene rings is 2. The number of hydrogen-bond acceptors (Lipinski definition) is 8. The SMILES string of the molecule is CCOC(=O)N1CC=C(C)C[C@H]1C(=O)[C@@H](Cc1cccc(C#N)c1)NS(=O)(=O)c1ccc2c(c1)[C@H](CC(=O)N(C)C)NCC2. The number of nitrogens with zero attached hydrogens (tertiary/aromatic N) is 3. The fourth-order valence-corrected chi connectivity index (χ4v) is 6.80. The van der Waals surface area contributed by atoms with Gasteiger partial charge in [0.2, 0.25) is 15.9 Å². The number of ether oxygens (including phenoxy) is 1. The van der Waals surface area contributed by atoms with Crippen LogP contribution in [0.1, 0.15) is 55.0 Å². The lowest BCUT2D eigenvalue weighted by molar-refractivity contribution is -0.129. The Labute approximate surface area is 258 Å². The average Bonchev–Trinajstić information content (AvgIpc) is 3.00. The number of nitriles is 1. The molecule has 0 unspecified atom stereocenters. The molecule has 0 saturated heterocycles. The Morgan fingerprint density at radius 1 is 1.20 bits per heavy atom. The van der Waals surface area contributed by atoms with Crippen LogP contribution in [0.15, 0.2) is 59.0 Å². The zero-order chi connectivity index (χ0) is 32.0. The summed E-state index contributed by atoms with van der Waals surface area (Å²) in [4.78, 5) is 42.2. The summed E-state index contributed by atoms with van der Waals surface area (Å²) in [5.41, 5.74) is 3.54. The van der Waals surface area contributed by atoms with Gasteiger partial charge < -0.3 is 15.0 Å². The van der Waals surface area contributed by atoms with Crippen molar-refractivity contribution in [1.82, 2.24) is 19.8 Å². The summed E-state index contributed by atoms with van der Waals surface area (Å²) in [5, 5.41) is 12.7. The highest BCUT2D eigenvalue weighted by molar-refractivity contribution is 7.89. The Bertz CT molecular complexity index is 1600. The van der Waals surface area contributed by atoms with E-state index in [4.69, 9.17) is 4.74 Å². The second-order valence-corrected chi connectivity index (χ2v) is 13.0. The van der Waals surface area contributed by atoms with Gasteiger partial charge in [-0.15, -0.1) is 0 Å². The van der Waals surface area contributed by atoms with E-state index in [9.17, 15) is 28.1 Å². The van der Waals surface area contributed by atoms with Gasteiger partial charge in [0.15, 0.2) is 5.78 Å². The lowest BCUT2D eigenvalue weighted by atomic mass is 9.91. The second-order valence-electron chi connectivity index (χ2n) is 11.3. The minimum absolute atomic E-state index is 0.0318. The van der Waals surface area contributed by atoms with E-state index in [2.05, 4.69) is 16.1 Å². The van der Waals surface area contributed by atoms with Crippen LogP contribution in [0.4, 0.5) is 4.79 Å². The van der Waals surface area contributed by atoms with E-state index in [0.29, 0.717) is 24.1 Å². The number of fused-ring (bicyclic) bond motifs is 1. The van der Waals surface area contributed by atoms with Gasteiger partial charge in [0, 0.05) is 33.1 Å².